The van der Waals surface area contributed by atoms with Gasteiger partial charge in [-0.2, -0.15) is 5.10 Å². The second-order valence-electron chi connectivity index (χ2n) is 6.12. The number of hydrogen-bond donors (Lipinski definition) is 1. The molecule has 7 nitrogen and oxygen atoms in total. The van der Waals surface area contributed by atoms with Gasteiger partial charge in [0, 0.05) is 12.0 Å². The Balaban J connectivity index is 1.59. The van der Waals surface area contributed by atoms with Crippen LogP contribution in [-0.4, -0.2) is 38.2 Å². The predicted octanol–water partition coefficient (Wildman–Crippen LogP) is 3.55. The molecule has 0 bridgehead atoms. The van der Waals surface area contributed by atoms with Gasteiger partial charge < -0.3 is 9.84 Å². The number of carbonyl (C=O) groups excluding carboxylic acids is 1. The van der Waals surface area contributed by atoms with Gasteiger partial charge in [0.2, 0.25) is 0 Å². The molecule has 0 radical (unpaired) electrons. The maximum atomic E-state index is 14.2. The highest BCUT2D eigenvalue weighted by Gasteiger charge is 2.06. The number of carbonyl (C=O) groups is 2. The lowest BCUT2D eigenvalue weighted by atomic mass is 10.1. The summed E-state index contributed by atoms with van der Waals surface area (Å²) in [4.78, 5) is 26.5. The Morgan fingerprint density at radius 1 is 1.17 bits per heavy atom. The first-order valence-corrected chi connectivity index (χ1v) is 8.84. The maximum Gasteiger partial charge on any atom is 0.303 e. The van der Waals surface area contributed by atoms with E-state index in [0.29, 0.717) is 23.3 Å². The molecule has 0 atom stereocenters. The number of aliphatic carboxylic acids is 1. The van der Waals surface area contributed by atoms with Crippen molar-refractivity contribution in [1.29, 1.82) is 0 Å². The van der Waals surface area contributed by atoms with E-state index in [9.17, 15) is 14.0 Å². The van der Waals surface area contributed by atoms with E-state index in [1.165, 1.54) is 35.6 Å². The monoisotopic (exact) mass is 395 g/mol. The summed E-state index contributed by atoms with van der Waals surface area (Å²) in [5.74, 6) is -1.02. The molecule has 8 heteroatoms. The van der Waals surface area contributed by atoms with Crippen LogP contribution in [0.5, 0.6) is 5.75 Å². The Labute approximate surface area is 166 Å². The van der Waals surface area contributed by atoms with Crippen LogP contribution in [0.3, 0.4) is 0 Å². The highest BCUT2D eigenvalue weighted by molar-refractivity contribution is 6.06. The van der Waals surface area contributed by atoms with Gasteiger partial charge in [-0.1, -0.05) is 12.1 Å². The van der Waals surface area contributed by atoms with E-state index in [1.807, 2.05) is 0 Å². The molecular weight excluding hydrogens is 377 g/mol. The summed E-state index contributed by atoms with van der Waals surface area (Å²) in [6.07, 6.45) is 6.07. The zero-order chi connectivity index (χ0) is 20.6. The van der Waals surface area contributed by atoms with Crippen molar-refractivity contribution in [3.8, 4) is 11.4 Å². The maximum absolute atomic E-state index is 14.2. The van der Waals surface area contributed by atoms with E-state index in [-0.39, 0.29) is 24.5 Å². The Kier molecular flexibility index (Phi) is 6.47. The number of ether oxygens (including phenoxy) is 1. The molecule has 1 heterocycles. The van der Waals surface area contributed by atoms with Crippen LogP contribution in [0.25, 0.3) is 11.8 Å². The largest absolute Gasteiger partial charge is 0.494 e. The normalized spacial score (nSPS) is 10.9. The van der Waals surface area contributed by atoms with Gasteiger partial charge in [-0.25, -0.2) is 14.1 Å². The number of benzene rings is 2. The van der Waals surface area contributed by atoms with Crippen LogP contribution in [0.4, 0.5) is 4.39 Å². The average Bonchev–Trinajstić information content (AvgIpc) is 3.24. The van der Waals surface area contributed by atoms with E-state index in [2.05, 4.69) is 10.1 Å². The minimum absolute atomic E-state index is 0.0434. The molecule has 29 heavy (non-hydrogen) atoms. The molecule has 2 aromatic carbocycles. The standard InChI is InChI=1S/C21H18FN3O4/c22-18-12-15(3-9-19(18)25-14-23-13-24-25)4-10-20(26)16-5-7-17(8-6-16)29-11-1-2-21(27)28/h3-10,12-14H,1-2,11H2,(H,27,28). The van der Waals surface area contributed by atoms with E-state index in [1.54, 1.807) is 36.4 Å². The minimum atomic E-state index is -0.866. The molecule has 0 fully saturated rings. The minimum Gasteiger partial charge on any atom is -0.494 e. The molecule has 0 aliphatic heterocycles. The lowest BCUT2D eigenvalue weighted by Crippen LogP contribution is -2.02. The Hall–Kier alpha value is -3.81. The highest BCUT2D eigenvalue weighted by Crippen LogP contribution is 2.17. The van der Waals surface area contributed by atoms with Crippen LogP contribution in [-0.2, 0) is 4.79 Å². The predicted molar refractivity (Wildman–Crippen MR) is 103 cm³/mol. The van der Waals surface area contributed by atoms with Crippen molar-refractivity contribution in [2.75, 3.05) is 6.61 Å². The van der Waals surface area contributed by atoms with Gasteiger partial charge in [-0.15, -0.1) is 0 Å². The quantitative estimate of drug-likeness (QED) is 0.338. The molecule has 0 saturated carbocycles. The lowest BCUT2D eigenvalue weighted by Gasteiger charge is -2.05. The summed E-state index contributed by atoms with van der Waals surface area (Å²) in [6, 6.07) is 11.1. The third-order valence-electron chi connectivity index (χ3n) is 4.01. The highest BCUT2D eigenvalue weighted by atomic mass is 19.1. The number of nitrogens with zero attached hydrogens (tertiary/aromatic N) is 3. The molecule has 0 saturated heterocycles. The van der Waals surface area contributed by atoms with E-state index >= 15 is 0 Å². The summed E-state index contributed by atoms with van der Waals surface area (Å²) in [7, 11) is 0. The van der Waals surface area contributed by atoms with Crippen molar-refractivity contribution in [1.82, 2.24) is 14.8 Å². The molecular formula is C21H18FN3O4. The average molecular weight is 395 g/mol. The smallest absolute Gasteiger partial charge is 0.303 e. The summed E-state index contributed by atoms with van der Waals surface area (Å²) in [5, 5.41) is 12.5. The van der Waals surface area contributed by atoms with Crippen molar-refractivity contribution in [2.24, 2.45) is 0 Å². The Morgan fingerprint density at radius 3 is 2.62 bits per heavy atom. The van der Waals surface area contributed by atoms with Gasteiger partial charge in [-0.3, -0.25) is 9.59 Å². The Bertz CT molecular complexity index is 1010. The fraction of sp³-hybridized carbons (Fsp3) is 0.143. The topological polar surface area (TPSA) is 94.3 Å². The first-order chi connectivity index (χ1) is 14.0. The Morgan fingerprint density at radius 2 is 1.97 bits per heavy atom. The summed E-state index contributed by atoms with van der Waals surface area (Å²) in [5.41, 5.74) is 1.27. The molecule has 0 amide bonds. The zero-order valence-electron chi connectivity index (χ0n) is 15.4. The summed E-state index contributed by atoms with van der Waals surface area (Å²) < 4.78 is 21.0. The molecule has 0 aliphatic carbocycles. The first-order valence-electron chi connectivity index (χ1n) is 8.84. The fourth-order valence-electron chi connectivity index (χ4n) is 2.54. The molecule has 148 valence electrons. The van der Waals surface area contributed by atoms with Crippen LogP contribution < -0.4 is 4.74 Å². The number of hydrogen-bond acceptors (Lipinski definition) is 5. The van der Waals surface area contributed by atoms with Crippen LogP contribution >= 0.6 is 0 Å². The lowest BCUT2D eigenvalue weighted by molar-refractivity contribution is -0.137. The SMILES string of the molecule is O=C(O)CCCOc1ccc(C(=O)C=Cc2ccc(-n3cncn3)c(F)c2)cc1. The molecule has 1 N–H and O–H groups in total. The van der Waals surface area contributed by atoms with E-state index in [0.717, 1.165) is 0 Å². The van der Waals surface area contributed by atoms with Gasteiger partial charge in [0.15, 0.2) is 5.78 Å². The second-order valence-corrected chi connectivity index (χ2v) is 6.12. The van der Waals surface area contributed by atoms with Gasteiger partial charge >= 0.3 is 5.97 Å². The number of aromatic nitrogens is 3. The fourth-order valence-corrected chi connectivity index (χ4v) is 2.54. The van der Waals surface area contributed by atoms with Crippen molar-refractivity contribution < 1.29 is 23.8 Å². The molecule has 0 aliphatic rings. The molecule has 0 unspecified atom stereocenters. The second kappa shape index (κ2) is 9.41. The number of allylic oxidation sites excluding steroid dienone is 1. The van der Waals surface area contributed by atoms with Gasteiger partial charge in [0.25, 0.3) is 0 Å². The van der Waals surface area contributed by atoms with Crippen molar-refractivity contribution in [3.05, 3.63) is 78.1 Å². The molecule has 3 aromatic rings. The number of halogens is 1. The summed E-state index contributed by atoms with van der Waals surface area (Å²) >= 11 is 0. The molecule has 1 aromatic heterocycles. The van der Waals surface area contributed by atoms with Gasteiger partial charge in [0.1, 0.15) is 29.9 Å². The zero-order valence-corrected chi connectivity index (χ0v) is 15.4. The number of carboxylic acid groups (broad SMARTS) is 1. The van der Waals surface area contributed by atoms with Gasteiger partial charge in [0.05, 0.1) is 6.61 Å². The van der Waals surface area contributed by atoms with Crippen LogP contribution in [0.15, 0.2) is 61.2 Å². The van der Waals surface area contributed by atoms with Gasteiger partial charge in [-0.05, 0) is 54.5 Å². The van der Waals surface area contributed by atoms with Crippen LogP contribution in [0, 0.1) is 5.82 Å². The number of rotatable bonds is 9. The first kappa shape index (κ1) is 19.9. The number of ketones is 1. The molecule has 3 rings (SSSR count). The van der Waals surface area contributed by atoms with E-state index in [4.69, 9.17) is 9.84 Å². The van der Waals surface area contributed by atoms with Crippen molar-refractivity contribution >= 4 is 17.8 Å². The van der Waals surface area contributed by atoms with E-state index < -0.39 is 11.8 Å². The summed E-state index contributed by atoms with van der Waals surface area (Å²) in [6.45, 7) is 0.287. The van der Waals surface area contributed by atoms with Crippen molar-refractivity contribution in [2.45, 2.75) is 12.8 Å². The third-order valence-corrected chi connectivity index (χ3v) is 4.01. The number of carboxylic acids is 1. The van der Waals surface area contributed by atoms with Crippen LogP contribution in [0.2, 0.25) is 0 Å². The van der Waals surface area contributed by atoms with Crippen molar-refractivity contribution in [3.63, 3.8) is 0 Å². The third kappa shape index (κ3) is 5.58. The molecule has 0 spiro atoms. The van der Waals surface area contributed by atoms with Crippen LogP contribution in [0.1, 0.15) is 28.8 Å².